The van der Waals surface area contributed by atoms with Gasteiger partial charge in [-0.05, 0) is 25.0 Å². The van der Waals surface area contributed by atoms with Gasteiger partial charge in [-0.25, -0.2) is 0 Å². The highest BCUT2D eigenvalue weighted by molar-refractivity contribution is 5.99. The van der Waals surface area contributed by atoms with Crippen molar-refractivity contribution in [1.82, 2.24) is 5.32 Å². The molecule has 1 aromatic rings. The lowest BCUT2D eigenvalue weighted by Crippen LogP contribution is -2.58. The molecule has 0 saturated carbocycles. The first-order chi connectivity index (χ1) is 9.18. The third-order valence-corrected chi connectivity index (χ3v) is 3.38. The average Bonchev–Trinajstić information content (AvgIpc) is 2.38. The molecule has 0 aliphatic rings. The van der Waals surface area contributed by atoms with Crippen LogP contribution in [0.2, 0.25) is 0 Å². The minimum absolute atomic E-state index is 0.108. The Morgan fingerprint density at radius 3 is 2.15 bits per heavy atom. The van der Waals surface area contributed by atoms with Crippen molar-refractivity contribution in [3.05, 3.63) is 39.9 Å². The van der Waals surface area contributed by atoms with Gasteiger partial charge in [-0.15, -0.1) is 0 Å². The quantitative estimate of drug-likeness (QED) is 0.622. The first kappa shape index (κ1) is 15.6. The summed E-state index contributed by atoms with van der Waals surface area (Å²) >= 11 is 0. The van der Waals surface area contributed by atoms with Gasteiger partial charge in [0.15, 0.2) is 0 Å². The maximum absolute atomic E-state index is 12.1. The van der Waals surface area contributed by atoms with Gasteiger partial charge in [0.2, 0.25) is 5.91 Å². The topological polar surface area (TPSA) is 115 Å². The SMILES string of the molecule is CC(C)C(C)(NC(=O)c1ccc([N+](=O)[O-])cc1)C(N)=O. The number of rotatable bonds is 5. The Hall–Kier alpha value is -2.44. The molecule has 20 heavy (non-hydrogen) atoms. The van der Waals surface area contributed by atoms with Crippen LogP contribution in [0, 0.1) is 16.0 Å². The number of carbonyl (C=O) groups is 2. The van der Waals surface area contributed by atoms with Crippen LogP contribution in [0.25, 0.3) is 0 Å². The third-order valence-electron chi connectivity index (χ3n) is 3.38. The summed E-state index contributed by atoms with van der Waals surface area (Å²) in [7, 11) is 0. The molecule has 0 heterocycles. The molecule has 0 radical (unpaired) electrons. The van der Waals surface area contributed by atoms with E-state index in [0.29, 0.717) is 0 Å². The van der Waals surface area contributed by atoms with Crippen molar-refractivity contribution in [2.24, 2.45) is 11.7 Å². The zero-order valence-electron chi connectivity index (χ0n) is 11.5. The number of nitro benzene ring substituents is 1. The number of benzene rings is 1. The summed E-state index contributed by atoms with van der Waals surface area (Å²) in [6.45, 7) is 5.07. The van der Waals surface area contributed by atoms with Gasteiger partial charge in [-0.2, -0.15) is 0 Å². The molecular weight excluding hydrogens is 262 g/mol. The predicted octanol–water partition coefficient (Wildman–Crippen LogP) is 1.22. The van der Waals surface area contributed by atoms with Crippen molar-refractivity contribution in [2.75, 3.05) is 0 Å². The minimum atomic E-state index is -1.18. The van der Waals surface area contributed by atoms with Crippen LogP contribution in [0.1, 0.15) is 31.1 Å². The summed E-state index contributed by atoms with van der Waals surface area (Å²) in [5.74, 6) is -1.33. The van der Waals surface area contributed by atoms with Crippen LogP contribution in [-0.4, -0.2) is 22.3 Å². The number of hydrogen-bond acceptors (Lipinski definition) is 4. The summed E-state index contributed by atoms with van der Waals surface area (Å²) in [5.41, 5.74) is 4.25. The second-order valence-electron chi connectivity index (χ2n) is 4.98. The van der Waals surface area contributed by atoms with Crippen molar-refractivity contribution >= 4 is 17.5 Å². The maximum atomic E-state index is 12.1. The fourth-order valence-electron chi connectivity index (χ4n) is 1.53. The Bertz CT molecular complexity index is 539. The van der Waals surface area contributed by atoms with E-state index >= 15 is 0 Å². The standard InChI is InChI=1S/C13H17N3O4/c1-8(2)13(3,12(14)18)15-11(17)9-4-6-10(7-5-9)16(19)20/h4-8H,1-3H3,(H2,14,18)(H,15,17). The second kappa shape index (κ2) is 5.68. The van der Waals surface area contributed by atoms with Crippen LogP contribution in [0.5, 0.6) is 0 Å². The minimum Gasteiger partial charge on any atom is -0.368 e. The molecule has 0 spiro atoms. The molecule has 1 rings (SSSR count). The van der Waals surface area contributed by atoms with E-state index in [1.165, 1.54) is 24.3 Å². The molecule has 0 aliphatic carbocycles. The molecule has 1 unspecified atom stereocenters. The van der Waals surface area contributed by atoms with Crippen LogP contribution in [0.3, 0.4) is 0 Å². The Morgan fingerprint density at radius 1 is 1.30 bits per heavy atom. The lowest BCUT2D eigenvalue weighted by atomic mass is 9.87. The van der Waals surface area contributed by atoms with Crippen LogP contribution in [0.15, 0.2) is 24.3 Å². The van der Waals surface area contributed by atoms with Crippen molar-refractivity contribution in [2.45, 2.75) is 26.3 Å². The molecule has 108 valence electrons. The molecule has 0 saturated heterocycles. The molecule has 0 bridgehead atoms. The highest BCUT2D eigenvalue weighted by Gasteiger charge is 2.36. The number of nitrogens with two attached hydrogens (primary N) is 1. The molecule has 1 atom stereocenters. The number of non-ortho nitro benzene ring substituents is 1. The van der Waals surface area contributed by atoms with Gasteiger partial charge < -0.3 is 11.1 Å². The molecule has 0 aromatic heterocycles. The smallest absolute Gasteiger partial charge is 0.269 e. The van der Waals surface area contributed by atoms with E-state index in [-0.39, 0.29) is 17.2 Å². The van der Waals surface area contributed by atoms with E-state index in [2.05, 4.69) is 5.32 Å². The Kier molecular flexibility index (Phi) is 4.44. The number of nitro groups is 1. The maximum Gasteiger partial charge on any atom is 0.269 e. The van der Waals surface area contributed by atoms with E-state index < -0.39 is 22.3 Å². The van der Waals surface area contributed by atoms with E-state index in [1.807, 2.05) is 0 Å². The molecule has 3 N–H and O–H groups in total. The van der Waals surface area contributed by atoms with E-state index in [1.54, 1.807) is 20.8 Å². The molecular formula is C13H17N3O4. The molecule has 7 nitrogen and oxygen atoms in total. The highest BCUT2D eigenvalue weighted by Crippen LogP contribution is 2.18. The Labute approximate surface area is 116 Å². The number of carbonyl (C=O) groups excluding carboxylic acids is 2. The molecule has 0 aliphatic heterocycles. The number of nitrogens with zero attached hydrogens (tertiary/aromatic N) is 1. The lowest BCUT2D eigenvalue weighted by Gasteiger charge is -2.31. The second-order valence-corrected chi connectivity index (χ2v) is 4.98. The Balaban J connectivity index is 2.95. The average molecular weight is 279 g/mol. The van der Waals surface area contributed by atoms with Crippen LogP contribution in [-0.2, 0) is 4.79 Å². The monoisotopic (exact) mass is 279 g/mol. The van der Waals surface area contributed by atoms with Crippen molar-refractivity contribution < 1.29 is 14.5 Å². The summed E-state index contributed by atoms with van der Waals surface area (Å²) < 4.78 is 0. The van der Waals surface area contributed by atoms with Crippen molar-refractivity contribution in [3.63, 3.8) is 0 Å². The Morgan fingerprint density at radius 2 is 1.80 bits per heavy atom. The number of amides is 2. The van der Waals surface area contributed by atoms with Gasteiger partial charge in [0.05, 0.1) is 4.92 Å². The summed E-state index contributed by atoms with van der Waals surface area (Å²) in [4.78, 5) is 33.5. The summed E-state index contributed by atoms with van der Waals surface area (Å²) in [5, 5.41) is 13.1. The molecule has 7 heteroatoms. The highest BCUT2D eigenvalue weighted by atomic mass is 16.6. The van der Waals surface area contributed by atoms with Crippen molar-refractivity contribution in [1.29, 1.82) is 0 Å². The number of hydrogen-bond donors (Lipinski definition) is 2. The van der Waals surface area contributed by atoms with Gasteiger partial charge in [0.1, 0.15) is 5.54 Å². The van der Waals surface area contributed by atoms with Gasteiger partial charge in [-0.1, -0.05) is 13.8 Å². The van der Waals surface area contributed by atoms with E-state index in [0.717, 1.165) is 0 Å². The van der Waals surface area contributed by atoms with Crippen molar-refractivity contribution in [3.8, 4) is 0 Å². The van der Waals surface area contributed by atoms with Crippen LogP contribution < -0.4 is 11.1 Å². The first-order valence-electron chi connectivity index (χ1n) is 6.05. The van der Waals surface area contributed by atoms with Gasteiger partial charge in [0, 0.05) is 17.7 Å². The van der Waals surface area contributed by atoms with Crippen LogP contribution in [0.4, 0.5) is 5.69 Å². The van der Waals surface area contributed by atoms with E-state index in [4.69, 9.17) is 5.73 Å². The lowest BCUT2D eigenvalue weighted by molar-refractivity contribution is -0.384. The van der Waals surface area contributed by atoms with Gasteiger partial charge in [0.25, 0.3) is 11.6 Å². The van der Waals surface area contributed by atoms with Gasteiger partial charge >= 0.3 is 0 Å². The first-order valence-corrected chi connectivity index (χ1v) is 6.05. The fourth-order valence-corrected chi connectivity index (χ4v) is 1.53. The van der Waals surface area contributed by atoms with E-state index in [9.17, 15) is 19.7 Å². The summed E-state index contributed by atoms with van der Waals surface area (Å²) in [6, 6.07) is 5.11. The van der Waals surface area contributed by atoms with Crippen LogP contribution >= 0.6 is 0 Å². The zero-order chi connectivity index (χ0) is 15.5. The largest absolute Gasteiger partial charge is 0.368 e. The number of primary amides is 1. The normalized spacial score (nSPS) is 13.6. The summed E-state index contributed by atoms with van der Waals surface area (Å²) in [6.07, 6.45) is 0. The number of nitrogens with one attached hydrogen (secondary N) is 1. The molecule has 2 amide bonds. The molecule has 0 fully saturated rings. The molecule has 1 aromatic carbocycles. The zero-order valence-corrected chi connectivity index (χ0v) is 11.5. The van der Waals surface area contributed by atoms with Gasteiger partial charge in [-0.3, -0.25) is 19.7 Å². The third kappa shape index (κ3) is 3.11. The predicted molar refractivity (Wildman–Crippen MR) is 73.0 cm³/mol. The fraction of sp³-hybridized carbons (Fsp3) is 0.385.